The molecular formula is C15H24N2O3S. The van der Waals surface area contributed by atoms with Gasteiger partial charge in [-0.25, -0.2) is 8.42 Å². The number of benzene rings is 1. The minimum absolute atomic E-state index is 0.0658. The van der Waals surface area contributed by atoms with Gasteiger partial charge in [-0.3, -0.25) is 4.79 Å². The lowest BCUT2D eigenvalue weighted by molar-refractivity contribution is -0.116. The molecule has 0 atom stereocenters. The number of anilines is 2. The largest absolute Gasteiger partial charge is 0.399 e. The number of hydrogen-bond donors (Lipinski definition) is 2. The molecule has 1 rings (SSSR count). The highest BCUT2D eigenvalue weighted by atomic mass is 32.2. The van der Waals surface area contributed by atoms with E-state index >= 15 is 0 Å². The molecular weight excluding hydrogens is 288 g/mol. The molecule has 0 aliphatic heterocycles. The first kappa shape index (κ1) is 17.5. The van der Waals surface area contributed by atoms with E-state index < -0.39 is 9.84 Å². The van der Waals surface area contributed by atoms with Crippen molar-refractivity contribution in [1.82, 2.24) is 0 Å². The topological polar surface area (TPSA) is 89.3 Å². The SMILES string of the molecule is CCCCS(=O)(=O)CCCC(=O)Nc1cc(N)ccc1C. The average Bonchev–Trinajstić information content (AvgIpc) is 2.40. The van der Waals surface area contributed by atoms with E-state index in [9.17, 15) is 13.2 Å². The zero-order chi connectivity index (χ0) is 15.9. The maximum absolute atomic E-state index is 11.8. The van der Waals surface area contributed by atoms with E-state index in [-0.39, 0.29) is 23.8 Å². The van der Waals surface area contributed by atoms with E-state index in [1.807, 2.05) is 19.9 Å². The summed E-state index contributed by atoms with van der Waals surface area (Å²) in [4.78, 5) is 11.8. The molecule has 0 saturated heterocycles. The fourth-order valence-corrected chi connectivity index (χ4v) is 3.42. The predicted molar refractivity (Wildman–Crippen MR) is 87.0 cm³/mol. The standard InChI is InChI=1S/C15H24N2O3S/c1-3-4-9-21(19,20)10-5-6-15(18)17-14-11-13(16)8-7-12(14)2/h7-8,11H,3-6,9-10,16H2,1-2H3,(H,17,18). The van der Waals surface area contributed by atoms with E-state index in [2.05, 4.69) is 5.32 Å². The lowest BCUT2D eigenvalue weighted by Gasteiger charge is -2.09. The first-order chi connectivity index (χ1) is 9.84. The zero-order valence-corrected chi connectivity index (χ0v) is 13.5. The Balaban J connectivity index is 2.43. The smallest absolute Gasteiger partial charge is 0.224 e. The first-order valence-electron chi connectivity index (χ1n) is 7.20. The molecule has 1 amide bonds. The molecule has 0 saturated carbocycles. The number of sulfone groups is 1. The van der Waals surface area contributed by atoms with Gasteiger partial charge >= 0.3 is 0 Å². The number of aryl methyl sites for hydroxylation is 1. The molecule has 0 spiro atoms. The van der Waals surface area contributed by atoms with E-state index in [0.717, 1.165) is 12.0 Å². The van der Waals surface area contributed by atoms with Gasteiger partial charge in [0, 0.05) is 17.8 Å². The lowest BCUT2D eigenvalue weighted by Crippen LogP contribution is -2.16. The Bertz CT molecular complexity index is 583. The molecule has 0 radical (unpaired) electrons. The van der Waals surface area contributed by atoms with E-state index in [1.165, 1.54) is 0 Å². The van der Waals surface area contributed by atoms with Crippen molar-refractivity contribution in [1.29, 1.82) is 0 Å². The van der Waals surface area contributed by atoms with E-state index in [4.69, 9.17) is 5.73 Å². The average molecular weight is 312 g/mol. The molecule has 0 fully saturated rings. The van der Waals surface area contributed by atoms with Crippen LogP contribution in [0.25, 0.3) is 0 Å². The summed E-state index contributed by atoms with van der Waals surface area (Å²) in [5, 5.41) is 2.77. The summed E-state index contributed by atoms with van der Waals surface area (Å²) in [6.07, 6.45) is 2.07. The van der Waals surface area contributed by atoms with Gasteiger partial charge < -0.3 is 11.1 Å². The molecule has 6 heteroatoms. The van der Waals surface area contributed by atoms with Crippen LogP contribution in [0.4, 0.5) is 11.4 Å². The number of nitrogens with two attached hydrogens (primary N) is 1. The van der Waals surface area contributed by atoms with Crippen LogP contribution in [-0.2, 0) is 14.6 Å². The summed E-state index contributed by atoms with van der Waals surface area (Å²) in [6.45, 7) is 3.83. The molecule has 0 aliphatic rings. The van der Waals surface area contributed by atoms with Gasteiger partial charge in [-0.2, -0.15) is 0 Å². The Kier molecular flexibility index (Phi) is 6.68. The Morgan fingerprint density at radius 1 is 1.24 bits per heavy atom. The van der Waals surface area contributed by atoms with E-state index in [0.29, 0.717) is 24.2 Å². The van der Waals surface area contributed by atoms with Crippen LogP contribution in [-0.4, -0.2) is 25.8 Å². The molecule has 118 valence electrons. The van der Waals surface area contributed by atoms with E-state index in [1.54, 1.807) is 12.1 Å². The number of nitrogens with one attached hydrogen (secondary N) is 1. The van der Waals surface area contributed by atoms with Gasteiger partial charge in [0.05, 0.1) is 11.5 Å². The van der Waals surface area contributed by atoms with Gasteiger partial charge in [0.1, 0.15) is 9.84 Å². The number of amides is 1. The van der Waals surface area contributed by atoms with Gasteiger partial charge in [0.2, 0.25) is 5.91 Å². The van der Waals surface area contributed by atoms with Gasteiger partial charge in [-0.15, -0.1) is 0 Å². The van der Waals surface area contributed by atoms with Gasteiger partial charge in [0.25, 0.3) is 0 Å². The van der Waals surface area contributed by atoms with Crippen LogP contribution >= 0.6 is 0 Å². The summed E-state index contributed by atoms with van der Waals surface area (Å²) in [6, 6.07) is 5.30. The normalized spacial score (nSPS) is 11.3. The summed E-state index contributed by atoms with van der Waals surface area (Å²) < 4.78 is 23.4. The van der Waals surface area contributed by atoms with Crippen molar-refractivity contribution in [2.75, 3.05) is 22.6 Å². The van der Waals surface area contributed by atoms with Gasteiger partial charge in [-0.05, 0) is 37.5 Å². The Morgan fingerprint density at radius 3 is 2.57 bits per heavy atom. The fourth-order valence-electron chi connectivity index (χ4n) is 1.91. The van der Waals surface area contributed by atoms with Crippen LogP contribution in [0.5, 0.6) is 0 Å². The van der Waals surface area contributed by atoms with Crippen LogP contribution in [0.2, 0.25) is 0 Å². The summed E-state index contributed by atoms with van der Waals surface area (Å²) in [7, 11) is -3.03. The quantitative estimate of drug-likeness (QED) is 0.722. The molecule has 1 aromatic rings. The molecule has 3 N–H and O–H groups in total. The maximum Gasteiger partial charge on any atom is 0.224 e. The van der Waals surface area contributed by atoms with Gasteiger partial charge in [0.15, 0.2) is 0 Å². The van der Waals surface area contributed by atoms with Crippen LogP contribution in [0.1, 0.15) is 38.2 Å². The van der Waals surface area contributed by atoms with Crippen molar-refractivity contribution in [3.8, 4) is 0 Å². The second-order valence-corrected chi connectivity index (χ2v) is 7.54. The number of carbonyl (C=O) groups is 1. The van der Waals surface area contributed by atoms with Crippen molar-refractivity contribution in [2.24, 2.45) is 0 Å². The van der Waals surface area contributed by atoms with Crippen molar-refractivity contribution in [3.05, 3.63) is 23.8 Å². The number of nitrogen functional groups attached to an aromatic ring is 1. The Labute approximate surface area is 126 Å². The molecule has 0 bridgehead atoms. The molecule has 1 aromatic carbocycles. The molecule has 21 heavy (non-hydrogen) atoms. The fraction of sp³-hybridized carbons (Fsp3) is 0.533. The second kappa shape index (κ2) is 8.02. The number of hydrogen-bond acceptors (Lipinski definition) is 4. The number of unbranched alkanes of at least 4 members (excludes halogenated alkanes) is 1. The zero-order valence-electron chi connectivity index (χ0n) is 12.7. The molecule has 0 aromatic heterocycles. The van der Waals surface area contributed by atoms with Crippen molar-refractivity contribution < 1.29 is 13.2 Å². The van der Waals surface area contributed by atoms with Crippen LogP contribution < -0.4 is 11.1 Å². The van der Waals surface area contributed by atoms with Crippen LogP contribution in [0.3, 0.4) is 0 Å². The minimum Gasteiger partial charge on any atom is -0.399 e. The van der Waals surface area contributed by atoms with Crippen LogP contribution in [0.15, 0.2) is 18.2 Å². The first-order valence-corrected chi connectivity index (χ1v) is 9.02. The van der Waals surface area contributed by atoms with Gasteiger partial charge in [-0.1, -0.05) is 19.4 Å². The highest BCUT2D eigenvalue weighted by Gasteiger charge is 2.12. The molecule has 0 aliphatic carbocycles. The highest BCUT2D eigenvalue weighted by Crippen LogP contribution is 2.18. The second-order valence-electron chi connectivity index (χ2n) is 5.23. The Hall–Kier alpha value is -1.56. The van der Waals surface area contributed by atoms with Crippen molar-refractivity contribution in [2.45, 2.75) is 39.5 Å². The molecule has 0 heterocycles. The summed E-state index contributed by atoms with van der Waals surface area (Å²) in [5.41, 5.74) is 7.86. The molecule has 0 unspecified atom stereocenters. The number of rotatable bonds is 8. The minimum atomic E-state index is -3.03. The van der Waals surface area contributed by atoms with Crippen molar-refractivity contribution in [3.63, 3.8) is 0 Å². The number of carbonyl (C=O) groups excluding carboxylic acids is 1. The Morgan fingerprint density at radius 2 is 1.90 bits per heavy atom. The summed E-state index contributed by atoms with van der Waals surface area (Å²) >= 11 is 0. The predicted octanol–water partition coefficient (Wildman–Crippen LogP) is 2.51. The molecule has 5 nitrogen and oxygen atoms in total. The third-order valence-corrected chi connectivity index (χ3v) is 5.03. The van der Waals surface area contributed by atoms with Crippen molar-refractivity contribution >= 4 is 27.1 Å². The summed E-state index contributed by atoms with van der Waals surface area (Å²) in [5.74, 6) is 0.0878. The monoisotopic (exact) mass is 312 g/mol. The highest BCUT2D eigenvalue weighted by molar-refractivity contribution is 7.91. The third kappa shape index (κ3) is 6.62. The van der Waals surface area contributed by atoms with Crippen LogP contribution in [0, 0.1) is 6.92 Å². The maximum atomic E-state index is 11.8. The lowest BCUT2D eigenvalue weighted by atomic mass is 10.1. The third-order valence-electron chi connectivity index (χ3n) is 3.20.